The largest absolute Gasteiger partial charge is 0.396 e. The van der Waals surface area contributed by atoms with Crippen LogP contribution in [0.4, 0.5) is 0 Å². The van der Waals surface area contributed by atoms with Crippen LogP contribution in [0.3, 0.4) is 0 Å². The molecule has 1 atom stereocenters. The van der Waals surface area contributed by atoms with Gasteiger partial charge in [-0.15, -0.1) is 0 Å². The normalized spacial score (nSPS) is 19.0. The van der Waals surface area contributed by atoms with E-state index < -0.39 is 0 Å². The molecule has 1 saturated carbocycles. The Hall–Kier alpha value is -0.970. The highest BCUT2D eigenvalue weighted by molar-refractivity contribution is 6.35. The maximum absolute atomic E-state index is 9.41. The van der Waals surface area contributed by atoms with Crippen LogP contribution in [0.2, 0.25) is 10.0 Å². The summed E-state index contributed by atoms with van der Waals surface area (Å²) in [5.74, 6) is 0.369. The molecule has 116 valence electrons. The van der Waals surface area contributed by atoms with Crippen molar-refractivity contribution >= 4 is 29.2 Å². The van der Waals surface area contributed by atoms with Crippen molar-refractivity contribution in [1.29, 1.82) is 0 Å². The summed E-state index contributed by atoms with van der Waals surface area (Å²) in [6, 6.07) is 5.31. The number of aliphatic imine (C=N–C) groups is 1. The molecule has 0 amide bonds. The van der Waals surface area contributed by atoms with E-state index in [0.29, 0.717) is 22.5 Å². The summed E-state index contributed by atoms with van der Waals surface area (Å²) in [4.78, 5) is 4.36. The molecule has 4 nitrogen and oxygen atoms in total. The Balaban J connectivity index is 1.96. The van der Waals surface area contributed by atoms with Crippen LogP contribution in [0.25, 0.3) is 0 Å². The van der Waals surface area contributed by atoms with Crippen LogP contribution >= 0.6 is 23.2 Å². The minimum atomic E-state index is -0.0648. The number of guanidine groups is 1. The van der Waals surface area contributed by atoms with Crippen molar-refractivity contribution in [2.45, 2.75) is 32.2 Å². The zero-order chi connectivity index (χ0) is 15.5. The van der Waals surface area contributed by atoms with Crippen LogP contribution in [0.15, 0.2) is 23.2 Å². The molecule has 0 spiro atoms. The third-order valence-corrected chi connectivity index (χ3v) is 4.69. The Bertz CT molecular complexity index is 524. The molecule has 1 aliphatic carbocycles. The summed E-state index contributed by atoms with van der Waals surface area (Å²) in [5, 5.41) is 13.7. The molecule has 1 aliphatic rings. The highest BCUT2D eigenvalue weighted by Gasteiger charge is 2.36. The number of nitrogens with two attached hydrogens (primary N) is 1. The minimum Gasteiger partial charge on any atom is -0.396 e. The van der Waals surface area contributed by atoms with E-state index in [4.69, 9.17) is 28.9 Å². The SMILES string of the molecule is CC(NC(N)=NCC1(CO)CCC1)c1ccc(Cl)cc1Cl. The van der Waals surface area contributed by atoms with Gasteiger partial charge in [0.15, 0.2) is 5.96 Å². The van der Waals surface area contributed by atoms with Gasteiger partial charge in [0, 0.05) is 15.5 Å². The molecule has 1 aromatic carbocycles. The Labute approximate surface area is 135 Å². The van der Waals surface area contributed by atoms with Gasteiger partial charge >= 0.3 is 0 Å². The van der Waals surface area contributed by atoms with Crippen molar-refractivity contribution in [2.75, 3.05) is 13.2 Å². The lowest BCUT2D eigenvalue weighted by Gasteiger charge is -2.38. The van der Waals surface area contributed by atoms with Crippen molar-refractivity contribution < 1.29 is 5.11 Å². The van der Waals surface area contributed by atoms with Gasteiger partial charge < -0.3 is 16.2 Å². The molecule has 1 aromatic rings. The fourth-order valence-electron chi connectivity index (χ4n) is 2.49. The van der Waals surface area contributed by atoms with Gasteiger partial charge in [0.1, 0.15) is 0 Å². The molecule has 21 heavy (non-hydrogen) atoms. The number of aliphatic hydroxyl groups excluding tert-OH is 1. The van der Waals surface area contributed by atoms with Gasteiger partial charge in [-0.25, -0.2) is 0 Å². The summed E-state index contributed by atoms with van der Waals surface area (Å²) < 4.78 is 0. The van der Waals surface area contributed by atoms with E-state index in [1.54, 1.807) is 12.1 Å². The number of benzene rings is 1. The first-order valence-corrected chi connectivity index (χ1v) is 7.84. The van der Waals surface area contributed by atoms with Gasteiger partial charge in [0.25, 0.3) is 0 Å². The Kier molecular flexibility index (Phi) is 5.36. The highest BCUT2D eigenvalue weighted by Crippen LogP contribution is 2.40. The van der Waals surface area contributed by atoms with Crippen LogP contribution in [0, 0.1) is 5.41 Å². The van der Waals surface area contributed by atoms with E-state index in [-0.39, 0.29) is 18.1 Å². The highest BCUT2D eigenvalue weighted by atomic mass is 35.5. The zero-order valence-electron chi connectivity index (χ0n) is 12.1. The Morgan fingerprint density at radius 3 is 2.71 bits per heavy atom. The number of hydrogen-bond donors (Lipinski definition) is 3. The van der Waals surface area contributed by atoms with Crippen LogP contribution in [0.5, 0.6) is 0 Å². The van der Waals surface area contributed by atoms with E-state index in [0.717, 1.165) is 24.8 Å². The van der Waals surface area contributed by atoms with Crippen molar-refractivity contribution in [1.82, 2.24) is 5.32 Å². The summed E-state index contributed by atoms with van der Waals surface area (Å²) in [5.41, 5.74) is 6.78. The van der Waals surface area contributed by atoms with Gasteiger partial charge in [-0.05, 0) is 37.5 Å². The first kappa shape index (κ1) is 16.4. The molecule has 2 rings (SSSR count). The maximum atomic E-state index is 9.41. The van der Waals surface area contributed by atoms with Crippen molar-refractivity contribution in [2.24, 2.45) is 16.1 Å². The number of hydrogen-bond acceptors (Lipinski definition) is 2. The molecule has 1 unspecified atom stereocenters. The fraction of sp³-hybridized carbons (Fsp3) is 0.533. The summed E-state index contributed by atoms with van der Waals surface area (Å²) in [6.07, 6.45) is 3.18. The molecule has 0 bridgehead atoms. The second-order valence-electron chi connectivity index (χ2n) is 5.74. The number of halogens is 2. The number of rotatable bonds is 5. The standard InChI is InChI=1S/C15H21Cl2N3O/c1-10(12-4-3-11(16)7-13(12)17)20-14(18)19-8-15(9-21)5-2-6-15/h3-4,7,10,21H,2,5-6,8-9H2,1H3,(H3,18,19,20). The van der Waals surface area contributed by atoms with E-state index in [2.05, 4.69) is 10.3 Å². The fourth-order valence-corrected chi connectivity index (χ4v) is 3.07. The van der Waals surface area contributed by atoms with Gasteiger partial charge in [-0.2, -0.15) is 0 Å². The maximum Gasteiger partial charge on any atom is 0.189 e. The lowest BCUT2D eigenvalue weighted by molar-refractivity contribution is 0.0539. The average Bonchev–Trinajstić information content (AvgIpc) is 2.37. The summed E-state index contributed by atoms with van der Waals surface area (Å²) in [6.45, 7) is 2.69. The predicted octanol–water partition coefficient (Wildman–Crippen LogP) is 3.12. The molecule has 0 heterocycles. The van der Waals surface area contributed by atoms with E-state index in [1.165, 1.54) is 0 Å². The van der Waals surface area contributed by atoms with E-state index >= 15 is 0 Å². The molecule has 0 aliphatic heterocycles. The average molecular weight is 330 g/mol. The molecular formula is C15H21Cl2N3O. The number of nitrogens with one attached hydrogen (secondary N) is 1. The lowest BCUT2D eigenvalue weighted by Crippen LogP contribution is -2.39. The molecule has 0 aromatic heterocycles. The first-order chi connectivity index (χ1) is 9.96. The van der Waals surface area contributed by atoms with Crippen molar-refractivity contribution in [3.8, 4) is 0 Å². The van der Waals surface area contributed by atoms with Crippen LogP contribution in [-0.2, 0) is 0 Å². The monoisotopic (exact) mass is 329 g/mol. The van der Waals surface area contributed by atoms with Crippen LogP contribution in [0.1, 0.15) is 37.8 Å². The van der Waals surface area contributed by atoms with Crippen molar-refractivity contribution in [3.05, 3.63) is 33.8 Å². The van der Waals surface area contributed by atoms with E-state index in [1.807, 2.05) is 13.0 Å². The van der Waals surface area contributed by atoms with Gasteiger partial charge in [-0.3, -0.25) is 4.99 Å². The van der Waals surface area contributed by atoms with Gasteiger partial charge in [0.2, 0.25) is 0 Å². The van der Waals surface area contributed by atoms with Crippen molar-refractivity contribution in [3.63, 3.8) is 0 Å². The molecular weight excluding hydrogens is 309 g/mol. The Morgan fingerprint density at radius 1 is 1.48 bits per heavy atom. The van der Waals surface area contributed by atoms with E-state index in [9.17, 15) is 5.11 Å². The van der Waals surface area contributed by atoms with Crippen LogP contribution in [-0.4, -0.2) is 24.2 Å². The molecule has 1 fully saturated rings. The summed E-state index contributed by atoms with van der Waals surface area (Å²) >= 11 is 12.1. The number of aliphatic hydroxyl groups is 1. The topological polar surface area (TPSA) is 70.6 Å². The lowest BCUT2D eigenvalue weighted by atomic mass is 9.69. The number of nitrogens with zero attached hydrogens (tertiary/aromatic N) is 1. The molecule has 4 N–H and O–H groups in total. The molecule has 6 heteroatoms. The molecule has 0 radical (unpaired) electrons. The third kappa shape index (κ3) is 4.02. The second-order valence-corrected chi connectivity index (χ2v) is 6.59. The smallest absolute Gasteiger partial charge is 0.189 e. The van der Waals surface area contributed by atoms with Gasteiger partial charge in [-0.1, -0.05) is 35.7 Å². The molecule has 0 saturated heterocycles. The first-order valence-electron chi connectivity index (χ1n) is 7.08. The second kappa shape index (κ2) is 6.86. The predicted molar refractivity (Wildman–Crippen MR) is 87.9 cm³/mol. The van der Waals surface area contributed by atoms with Crippen LogP contribution < -0.4 is 11.1 Å². The zero-order valence-corrected chi connectivity index (χ0v) is 13.6. The summed E-state index contributed by atoms with van der Waals surface area (Å²) in [7, 11) is 0. The third-order valence-electron chi connectivity index (χ3n) is 4.13. The Morgan fingerprint density at radius 2 is 2.19 bits per heavy atom. The quantitative estimate of drug-likeness (QED) is 0.574. The van der Waals surface area contributed by atoms with Gasteiger partial charge in [0.05, 0.1) is 19.2 Å². The minimum absolute atomic E-state index is 0.0620.